The maximum absolute atomic E-state index is 13.0. The first-order chi connectivity index (χ1) is 7.94. The summed E-state index contributed by atoms with van der Waals surface area (Å²) < 4.78 is 13.0. The quantitative estimate of drug-likeness (QED) is 0.843. The van der Waals surface area contributed by atoms with Crippen LogP contribution in [-0.2, 0) is 0 Å². The van der Waals surface area contributed by atoms with Crippen molar-refractivity contribution < 1.29 is 4.39 Å². The third-order valence-corrected chi connectivity index (χ3v) is 3.46. The number of hydrogen-bond donors (Lipinski definition) is 1. The zero-order chi connectivity index (χ0) is 12.5. The fourth-order valence-electron chi connectivity index (χ4n) is 3.18. The Morgan fingerprint density at radius 2 is 2.12 bits per heavy atom. The van der Waals surface area contributed by atoms with Crippen LogP contribution in [0.3, 0.4) is 0 Å². The van der Waals surface area contributed by atoms with Crippen molar-refractivity contribution in [3.05, 3.63) is 24.3 Å². The minimum atomic E-state index is -0.280. The first kappa shape index (κ1) is 12.3. The molecule has 2 rings (SSSR count). The average molecular weight is 236 g/mol. The van der Waals surface area contributed by atoms with E-state index in [0.717, 1.165) is 24.4 Å². The van der Waals surface area contributed by atoms with Crippen LogP contribution in [0.5, 0.6) is 0 Å². The largest absolute Gasteiger partial charge is 0.381 e. The lowest BCUT2D eigenvalue weighted by Gasteiger charge is -2.39. The average Bonchev–Trinajstić information content (AvgIpc) is 2.13. The monoisotopic (exact) mass is 236 g/mol. The second kappa shape index (κ2) is 4.63. The van der Waals surface area contributed by atoms with E-state index < -0.39 is 0 Å². The van der Waals surface area contributed by atoms with Gasteiger partial charge < -0.3 is 5.32 Å². The standard InChI is InChI=1S/C14H21FN2/c1-10-4-12(7-14(2,3)6-10)17-13-5-11(15)8-16-9-13/h5,8-10,12,17H,4,6-7H2,1-3H3. The molecular formula is C14H21FN2. The molecule has 0 spiro atoms. The predicted molar refractivity (Wildman–Crippen MR) is 68.4 cm³/mol. The van der Waals surface area contributed by atoms with Crippen LogP contribution in [0.2, 0.25) is 0 Å². The van der Waals surface area contributed by atoms with Crippen molar-refractivity contribution >= 4 is 5.69 Å². The summed E-state index contributed by atoms with van der Waals surface area (Å²) in [5.41, 5.74) is 1.16. The van der Waals surface area contributed by atoms with Crippen molar-refractivity contribution in [2.75, 3.05) is 5.32 Å². The van der Waals surface area contributed by atoms with Gasteiger partial charge in [-0.15, -0.1) is 0 Å². The predicted octanol–water partition coefficient (Wildman–Crippen LogP) is 3.85. The van der Waals surface area contributed by atoms with E-state index in [9.17, 15) is 4.39 Å². The van der Waals surface area contributed by atoms with Gasteiger partial charge in [0.2, 0.25) is 0 Å². The zero-order valence-electron chi connectivity index (χ0n) is 10.8. The van der Waals surface area contributed by atoms with Gasteiger partial charge in [0.05, 0.1) is 18.1 Å². The molecule has 1 fully saturated rings. The van der Waals surface area contributed by atoms with Crippen LogP contribution in [0.15, 0.2) is 18.5 Å². The third-order valence-electron chi connectivity index (χ3n) is 3.46. The molecule has 1 saturated carbocycles. The van der Waals surface area contributed by atoms with Crippen LogP contribution in [0, 0.1) is 17.2 Å². The van der Waals surface area contributed by atoms with E-state index in [1.807, 2.05) is 0 Å². The molecule has 2 atom stereocenters. The molecule has 1 aliphatic carbocycles. The van der Waals surface area contributed by atoms with E-state index in [0.29, 0.717) is 11.5 Å². The van der Waals surface area contributed by atoms with E-state index in [-0.39, 0.29) is 5.82 Å². The van der Waals surface area contributed by atoms with Crippen molar-refractivity contribution in [2.24, 2.45) is 11.3 Å². The Hall–Kier alpha value is -1.12. The first-order valence-corrected chi connectivity index (χ1v) is 6.32. The number of pyridine rings is 1. The van der Waals surface area contributed by atoms with Gasteiger partial charge in [0, 0.05) is 12.1 Å². The van der Waals surface area contributed by atoms with Crippen LogP contribution in [0.1, 0.15) is 40.0 Å². The highest BCUT2D eigenvalue weighted by molar-refractivity contribution is 5.41. The summed E-state index contributed by atoms with van der Waals surface area (Å²) in [4.78, 5) is 3.87. The highest BCUT2D eigenvalue weighted by Gasteiger charge is 2.31. The number of rotatable bonds is 2. The molecule has 0 saturated heterocycles. The number of nitrogens with one attached hydrogen (secondary N) is 1. The van der Waals surface area contributed by atoms with Crippen molar-refractivity contribution in [1.82, 2.24) is 4.98 Å². The van der Waals surface area contributed by atoms with Gasteiger partial charge in [-0.3, -0.25) is 4.98 Å². The number of aromatic nitrogens is 1. The SMILES string of the molecule is CC1CC(Nc2cncc(F)c2)CC(C)(C)C1. The molecule has 1 aromatic rings. The first-order valence-electron chi connectivity index (χ1n) is 6.32. The molecule has 1 N–H and O–H groups in total. The Labute approximate surface area is 103 Å². The molecule has 0 aromatic carbocycles. The van der Waals surface area contributed by atoms with Gasteiger partial charge in [0.1, 0.15) is 5.82 Å². The molecule has 0 radical (unpaired) electrons. The summed E-state index contributed by atoms with van der Waals surface area (Å²) in [6, 6.07) is 1.94. The molecule has 1 aromatic heterocycles. The van der Waals surface area contributed by atoms with Gasteiger partial charge in [-0.05, 0) is 30.6 Å². The topological polar surface area (TPSA) is 24.9 Å². The minimum absolute atomic E-state index is 0.280. The van der Waals surface area contributed by atoms with E-state index in [4.69, 9.17) is 0 Å². The minimum Gasteiger partial charge on any atom is -0.381 e. The smallest absolute Gasteiger partial charge is 0.143 e. The van der Waals surface area contributed by atoms with Crippen LogP contribution in [-0.4, -0.2) is 11.0 Å². The lowest BCUT2D eigenvalue weighted by Crippen LogP contribution is -2.35. The maximum atomic E-state index is 13.0. The second-order valence-corrected chi connectivity index (χ2v) is 6.15. The lowest BCUT2D eigenvalue weighted by atomic mass is 9.70. The number of nitrogens with zero attached hydrogens (tertiary/aromatic N) is 1. The van der Waals surface area contributed by atoms with Crippen molar-refractivity contribution in [3.63, 3.8) is 0 Å². The molecule has 0 amide bonds. The molecule has 2 unspecified atom stereocenters. The van der Waals surface area contributed by atoms with Gasteiger partial charge in [0.15, 0.2) is 0 Å². The molecular weight excluding hydrogens is 215 g/mol. The molecule has 0 aliphatic heterocycles. The number of halogens is 1. The lowest BCUT2D eigenvalue weighted by molar-refractivity contribution is 0.178. The van der Waals surface area contributed by atoms with E-state index >= 15 is 0 Å². The van der Waals surface area contributed by atoms with Crippen molar-refractivity contribution in [2.45, 2.75) is 46.1 Å². The van der Waals surface area contributed by atoms with Crippen LogP contribution in [0.4, 0.5) is 10.1 Å². The van der Waals surface area contributed by atoms with E-state index in [2.05, 4.69) is 31.1 Å². The Kier molecular flexibility index (Phi) is 3.36. The summed E-state index contributed by atoms with van der Waals surface area (Å²) in [6.45, 7) is 6.90. The van der Waals surface area contributed by atoms with Gasteiger partial charge in [-0.25, -0.2) is 4.39 Å². The zero-order valence-corrected chi connectivity index (χ0v) is 10.8. The summed E-state index contributed by atoms with van der Waals surface area (Å²) in [5, 5.41) is 3.41. The van der Waals surface area contributed by atoms with Crippen LogP contribution >= 0.6 is 0 Å². The van der Waals surface area contributed by atoms with Crippen molar-refractivity contribution in [1.29, 1.82) is 0 Å². The maximum Gasteiger partial charge on any atom is 0.143 e. The van der Waals surface area contributed by atoms with Crippen LogP contribution < -0.4 is 5.32 Å². The Morgan fingerprint density at radius 1 is 1.35 bits per heavy atom. The van der Waals surface area contributed by atoms with Gasteiger partial charge in [0.25, 0.3) is 0 Å². The number of anilines is 1. The molecule has 17 heavy (non-hydrogen) atoms. The molecule has 2 nitrogen and oxygen atoms in total. The summed E-state index contributed by atoms with van der Waals surface area (Å²) in [6.07, 6.45) is 6.48. The van der Waals surface area contributed by atoms with E-state index in [1.165, 1.54) is 18.7 Å². The Bertz CT molecular complexity index is 390. The normalized spacial score (nSPS) is 27.8. The molecule has 1 aliphatic rings. The molecule has 1 heterocycles. The Morgan fingerprint density at radius 3 is 2.76 bits per heavy atom. The van der Waals surface area contributed by atoms with Gasteiger partial charge >= 0.3 is 0 Å². The summed E-state index contributed by atoms with van der Waals surface area (Å²) >= 11 is 0. The summed E-state index contributed by atoms with van der Waals surface area (Å²) in [5.74, 6) is 0.441. The molecule has 94 valence electrons. The fourth-order valence-corrected chi connectivity index (χ4v) is 3.18. The highest BCUT2D eigenvalue weighted by atomic mass is 19.1. The number of hydrogen-bond acceptors (Lipinski definition) is 2. The highest BCUT2D eigenvalue weighted by Crippen LogP contribution is 2.39. The van der Waals surface area contributed by atoms with Crippen LogP contribution in [0.25, 0.3) is 0 Å². The van der Waals surface area contributed by atoms with Crippen molar-refractivity contribution in [3.8, 4) is 0 Å². The second-order valence-electron chi connectivity index (χ2n) is 6.15. The molecule has 3 heteroatoms. The van der Waals surface area contributed by atoms with Gasteiger partial charge in [-0.2, -0.15) is 0 Å². The van der Waals surface area contributed by atoms with E-state index in [1.54, 1.807) is 6.20 Å². The third kappa shape index (κ3) is 3.42. The fraction of sp³-hybridized carbons (Fsp3) is 0.643. The molecule has 0 bridgehead atoms. The van der Waals surface area contributed by atoms with Gasteiger partial charge in [-0.1, -0.05) is 20.8 Å². The Balaban J connectivity index is 2.03. The summed E-state index contributed by atoms with van der Waals surface area (Å²) in [7, 11) is 0.